The number of nitrogens with zero attached hydrogens (tertiary/aromatic N) is 1. The van der Waals surface area contributed by atoms with Crippen molar-refractivity contribution in [2.45, 2.75) is 20.3 Å². The number of carbonyl (C=O) groups is 1. The van der Waals surface area contributed by atoms with E-state index in [0.29, 0.717) is 25.7 Å². The second-order valence-electron chi connectivity index (χ2n) is 4.89. The maximum atomic E-state index is 12.1. The van der Waals surface area contributed by atoms with Gasteiger partial charge < -0.3 is 15.4 Å². The van der Waals surface area contributed by atoms with Gasteiger partial charge in [0, 0.05) is 20.1 Å². The Morgan fingerprint density at radius 3 is 2.47 bits per heavy atom. The quantitative estimate of drug-likeness (QED) is 0.723. The molecule has 4 nitrogen and oxygen atoms in total. The van der Waals surface area contributed by atoms with Crippen molar-refractivity contribution < 1.29 is 9.53 Å². The van der Waals surface area contributed by atoms with Gasteiger partial charge in [0.1, 0.15) is 5.41 Å². The molecule has 0 radical (unpaired) electrons. The van der Waals surface area contributed by atoms with Gasteiger partial charge in [-0.15, -0.1) is 0 Å². The highest BCUT2D eigenvalue weighted by molar-refractivity contribution is 5.83. The summed E-state index contributed by atoms with van der Waals surface area (Å²) in [5, 5.41) is 0. The van der Waals surface area contributed by atoms with Crippen LogP contribution in [0, 0.1) is 11.3 Å². The predicted octanol–water partition coefficient (Wildman–Crippen LogP) is 0.466. The molecule has 0 atom stereocenters. The van der Waals surface area contributed by atoms with Crippen LogP contribution in [0.3, 0.4) is 0 Å². The van der Waals surface area contributed by atoms with Crippen molar-refractivity contribution in [3.8, 4) is 0 Å². The Kier molecular flexibility index (Phi) is 4.11. The maximum Gasteiger partial charge on any atom is 0.234 e. The molecule has 2 N–H and O–H groups in total. The van der Waals surface area contributed by atoms with E-state index in [9.17, 15) is 4.79 Å². The van der Waals surface area contributed by atoms with Crippen LogP contribution in [0.25, 0.3) is 0 Å². The Bertz CT molecular complexity index is 219. The third kappa shape index (κ3) is 2.69. The standard InChI is InChI=1S/C11H22N2O2/c1-9(2)4-5-13(3)10(14)11(6-12)7-15-8-11/h9H,4-8,12H2,1-3H3. The highest BCUT2D eigenvalue weighted by Gasteiger charge is 2.46. The second-order valence-corrected chi connectivity index (χ2v) is 4.89. The summed E-state index contributed by atoms with van der Waals surface area (Å²) >= 11 is 0. The number of hydrogen-bond donors (Lipinski definition) is 1. The van der Waals surface area contributed by atoms with E-state index < -0.39 is 5.41 Å². The molecular weight excluding hydrogens is 192 g/mol. The van der Waals surface area contributed by atoms with E-state index in [4.69, 9.17) is 10.5 Å². The summed E-state index contributed by atoms with van der Waals surface area (Å²) in [5.41, 5.74) is 5.21. The zero-order chi connectivity index (χ0) is 11.5. The lowest BCUT2D eigenvalue weighted by Crippen LogP contribution is -2.58. The summed E-state index contributed by atoms with van der Waals surface area (Å²) in [6.07, 6.45) is 1.03. The minimum absolute atomic E-state index is 0.136. The summed E-state index contributed by atoms with van der Waals surface area (Å²) in [6, 6.07) is 0. The fourth-order valence-electron chi connectivity index (χ4n) is 1.64. The van der Waals surface area contributed by atoms with Crippen LogP contribution in [0.1, 0.15) is 20.3 Å². The lowest BCUT2D eigenvalue weighted by Gasteiger charge is -2.41. The molecule has 1 rings (SSSR count). The number of hydrogen-bond acceptors (Lipinski definition) is 3. The molecule has 0 saturated carbocycles. The van der Waals surface area contributed by atoms with Crippen molar-refractivity contribution in [1.29, 1.82) is 0 Å². The van der Waals surface area contributed by atoms with Crippen LogP contribution in [0.2, 0.25) is 0 Å². The summed E-state index contributed by atoms with van der Waals surface area (Å²) in [6.45, 7) is 6.46. The van der Waals surface area contributed by atoms with Crippen molar-refractivity contribution in [2.75, 3.05) is 33.4 Å². The summed E-state index contributed by atoms with van der Waals surface area (Å²) in [5.74, 6) is 0.753. The zero-order valence-electron chi connectivity index (χ0n) is 9.95. The van der Waals surface area contributed by atoms with E-state index in [1.165, 1.54) is 0 Å². The van der Waals surface area contributed by atoms with E-state index in [1.54, 1.807) is 4.90 Å². The number of rotatable bonds is 5. The molecule has 0 bridgehead atoms. The fourth-order valence-corrected chi connectivity index (χ4v) is 1.64. The van der Waals surface area contributed by atoms with E-state index in [1.807, 2.05) is 7.05 Å². The lowest BCUT2D eigenvalue weighted by atomic mass is 9.84. The lowest BCUT2D eigenvalue weighted by molar-refractivity contribution is -0.169. The SMILES string of the molecule is CC(C)CCN(C)C(=O)C1(CN)COC1. The minimum atomic E-state index is -0.425. The van der Waals surface area contributed by atoms with Crippen LogP contribution < -0.4 is 5.73 Å². The molecule has 0 spiro atoms. The Labute approximate surface area is 91.8 Å². The van der Waals surface area contributed by atoms with Gasteiger partial charge in [0.15, 0.2) is 0 Å². The van der Waals surface area contributed by atoms with Gasteiger partial charge in [-0.2, -0.15) is 0 Å². The Hall–Kier alpha value is -0.610. The second kappa shape index (κ2) is 4.94. The van der Waals surface area contributed by atoms with Gasteiger partial charge >= 0.3 is 0 Å². The van der Waals surface area contributed by atoms with Crippen LogP contribution in [0.15, 0.2) is 0 Å². The highest BCUT2D eigenvalue weighted by atomic mass is 16.5. The first-order chi connectivity index (χ1) is 7.02. The van der Waals surface area contributed by atoms with Crippen LogP contribution >= 0.6 is 0 Å². The Morgan fingerprint density at radius 1 is 1.53 bits per heavy atom. The van der Waals surface area contributed by atoms with Crippen molar-refractivity contribution in [2.24, 2.45) is 17.1 Å². The fraction of sp³-hybridized carbons (Fsp3) is 0.909. The normalized spacial score (nSPS) is 18.7. The van der Waals surface area contributed by atoms with E-state index in [0.717, 1.165) is 13.0 Å². The first kappa shape index (κ1) is 12.5. The molecule has 1 heterocycles. The average Bonchev–Trinajstić information content (AvgIpc) is 2.13. The largest absolute Gasteiger partial charge is 0.379 e. The third-order valence-electron chi connectivity index (χ3n) is 2.99. The Balaban J connectivity index is 2.44. The molecule has 0 unspecified atom stereocenters. The van der Waals surface area contributed by atoms with Gasteiger partial charge in [0.05, 0.1) is 13.2 Å². The van der Waals surface area contributed by atoms with Crippen LogP contribution in [0.4, 0.5) is 0 Å². The number of amides is 1. The third-order valence-corrected chi connectivity index (χ3v) is 2.99. The smallest absolute Gasteiger partial charge is 0.234 e. The van der Waals surface area contributed by atoms with Gasteiger partial charge in [-0.1, -0.05) is 13.8 Å². The van der Waals surface area contributed by atoms with Gasteiger partial charge in [-0.05, 0) is 12.3 Å². The molecule has 1 amide bonds. The van der Waals surface area contributed by atoms with Crippen molar-refractivity contribution in [3.05, 3.63) is 0 Å². The summed E-state index contributed by atoms with van der Waals surface area (Å²) in [7, 11) is 1.85. The molecular formula is C11H22N2O2. The number of ether oxygens (including phenoxy) is 1. The first-order valence-electron chi connectivity index (χ1n) is 5.55. The zero-order valence-corrected chi connectivity index (χ0v) is 9.95. The van der Waals surface area contributed by atoms with Crippen molar-refractivity contribution in [3.63, 3.8) is 0 Å². The molecule has 4 heteroatoms. The molecule has 0 aliphatic carbocycles. The van der Waals surface area contributed by atoms with E-state index >= 15 is 0 Å². The van der Waals surface area contributed by atoms with Crippen LogP contribution in [-0.4, -0.2) is 44.2 Å². The molecule has 0 aromatic carbocycles. The van der Waals surface area contributed by atoms with Gasteiger partial charge in [0.2, 0.25) is 5.91 Å². The molecule has 1 aliphatic rings. The minimum Gasteiger partial charge on any atom is -0.379 e. The molecule has 88 valence electrons. The van der Waals surface area contributed by atoms with Crippen LogP contribution in [-0.2, 0) is 9.53 Å². The van der Waals surface area contributed by atoms with Gasteiger partial charge in [-0.3, -0.25) is 4.79 Å². The van der Waals surface area contributed by atoms with E-state index in [-0.39, 0.29) is 5.91 Å². The molecule has 0 aromatic heterocycles. The molecule has 15 heavy (non-hydrogen) atoms. The topological polar surface area (TPSA) is 55.6 Å². The molecule has 0 aromatic rings. The molecule has 1 fully saturated rings. The number of carbonyl (C=O) groups excluding carboxylic acids is 1. The summed E-state index contributed by atoms with van der Waals surface area (Å²) < 4.78 is 5.10. The summed E-state index contributed by atoms with van der Waals surface area (Å²) in [4.78, 5) is 13.8. The molecule has 1 aliphatic heterocycles. The van der Waals surface area contributed by atoms with Crippen molar-refractivity contribution >= 4 is 5.91 Å². The van der Waals surface area contributed by atoms with Gasteiger partial charge in [0.25, 0.3) is 0 Å². The number of nitrogens with two attached hydrogens (primary N) is 1. The van der Waals surface area contributed by atoms with Gasteiger partial charge in [-0.25, -0.2) is 0 Å². The first-order valence-corrected chi connectivity index (χ1v) is 5.55. The Morgan fingerprint density at radius 2 is 2.13 bits per heavy atom. The van der Waals surface area contributed by atoms with Crippen LogP contribution in [0.5, 0.6) is 0 Å². The monoisotopic (exact) mass is 214 g/mol. The predicted molar refractivity (Wildman–Crippen MR) is 59.4 cm³/mol. The highest BCUT2D eigenvalue weighted by Crippen LogP contribution is 2.28. The van der Waals surface area contributed by atoms with E-state index in [2.05, 4.69) is 13.8 Å². The van der Waals surface area contributed by atoms with Crippen molar-refractivity contribution in [1.82, 2.24) is 4.90 Å². The molecule has 1 saturated heterocycles. The average molecular weight is 214 g/mol. The maximum absolute atomic E-state index is 12.1.